The summed E-state index contributed by atoms with van der Waals surface area (Å²) in [5.74, 6) is -0.182. The quantitative estimate of drug-likeness (QED) is 0.239. The van der Waals surface area contributed by atoms with E-state index in [-0.39, 0.29) is 10.9 Å². The molecule has 14 heteroatoms. The second-order valence-corrected chi connectivity index (χ2v) is 9.33. The Bertz CT molecular complexity index is 1490. The maximum absolute atomic E-state index is 12.0. The van der Waals surface area contributed by atoms with Crippen molar-refractivity contribution in [3.05, 3.63) is 34.9 Å². The van der Waals surface area contributed by atoms with E-state index in [1.54, 1.807) is 0 Å². The molecule has 202 valence electrons. The minimum absolute atomic E-state index is 0.0513. The Labute approximate surface area is 222 Å². The largest absolute Gasteiger partial charge is 0.423 e. The Morgan fingerprint density at radius 1 is 1.18 bits per heavy atom. The Hall–Kier alpha value is -3.52. The predicted octanol–water partition coefficient (Wildman–Crippen LogP) is 1.75. The predicted molar refractivity (Wildman–Crippen MR) is 140 cm³/mol. The van der Waals surface area contributed by atoms with Crippen LogP contribution in [0.25, 0.3) is 22.3 Å². The number of aliphatic hydroxyl groups excluding tert-OH is 2. The molecule has 38 heavy (non-hydrogen) atoms. The fourth-order valence-electron chi connectivity index (χ4n) is 4.63. The Morgan fingerprint density at radius 3 is 2.66 bits per heavy atom. The van der Waals surface area contributed by atoms with Gasteiger partial charge in [0.05, 0.1) is 6.33 Å². The number of benzene rings is 1. The van der Waals surface area contributed by atoms with Crippen LogP contribution in [0.4, 0.5) is 11.8 Å². The normalized spacial score (nSPS) is 21.3. The van der Waals surface area contributed by atoms with Crippen LogP contribution in [-0.4, -0.2) is 79.1 Å². The highest BCUT2D eigenvalue weighted by Gasteiger charge is 2.47. The van der Waals surface area contributed by atoms with Crippen LogP contribution in [0.5, 0.6) is 0 Å². The third-order valence-electron chi connectivity index (χ3n) is 6.63. The van der Waals surface area contributed by atoms with Gasteiger partial charge in [-0.25, -0.2) is 4.98 Å². The van der Waals surface area contributed by atoms with Gasteiger partial charge in [0.25, 0.3) is 11.9 Å². The second kappa shape index (κ2) is 10.3. The number of nitrogens with zero attached hydrogens (tertiary/aromatic N) is 6. The highest BCUT2D eigenvalue weighted by Crippen LogP contribution is 2.33. The number of hydrogen-bond acceptors (Lipinski definition) is 11. The number of imidazole rings is 1. The highest BCUT2D eigenvalue weighted by atomic mass is 35.5. The van der Waals surface area contributed by atoms with Gasteiger partial charge in [-0.1, -0.05) is 6.07 Å². The van der Waals surface area contributed by atoms with Gasteiger partial charge in [-0.2, -0.15) is 15.0 Å². The summed E-state index contributed by atoms with van der Waals surface area (Å²) in [5.41, 5.74) is 4.06. The standard InChI is InChI=1S/C24H29ClN8O5/c1-5-32(6-2)24-29-13-8-12(7-11(3)17(13)38-24)9-27-19-14-20(31-23(25)30-19)33(10-28-14)22-16(35)15(34)18(37-22)21(36)26-4/h7-8,10,15-16,18,22,34-35H,5-6,9H2,1-4H3,(H,26,36)(H,27,30,31)/t15-,16+,18-,22+/m0/s1. The molecule has 4 atom stereocenters. The Balaban J connectivity index is 1.42. The minimum Gasteiger partial charge on any atom is -0.423 e. The van der Waals surface area contributed by atoms with Gasteiger partial charge in [0.1, 0.15) is 17.7 Å². The van der Waals surface area contributed by atoms with E-state index in [0.717, 1.165) is 35.3 Å². The Morgan fingerprint density at radius 2 is 1.95 bits per heavy atom. The third kappa shape index (κ3) is 4.51. The summed E-state index contributed by atoms with van der Waals surface area (Å²) < 4.78 is 13.1. The third-order valence-corrected chi connectivity index (χ3v) is 6.80. The lowest BCUT2D eigenvalue weighted by molar-refractivity contribution is -0.137. The first-order valence-corrected chi connectivity index (χ1v) is 12.7. The first kappa shape index (κ1) is 26.1. The number of fused-ring (bicyclic) bond motifs is 2. The van der Waals surface area contributed by atoms with Crippen LogP contribution in [0.2, 0.25) is 5.28 Å². The number of rotatable bonds is 8. The fraction of sp³-hybridized carbons (Fsp3) is 0.458. The molecule has 4 aromatic rings. The van der Waals surface area contributed by atoms with Gasteiger partial charge in [-0.05, 0) is 49.6 Å². The van der Waals surface area contributed by atoms with E-state index in [1.165, 1.54) is 17.9 Å². The molecule has 1 saturated heterocycles. The fourth-order valence-corrected chi connectivity index (χ4v) is 4.79. The van der Waals surface area contributed by atoms with Crippen molar-refractivity contribution >= 4 is 51.6 Å². The number of carbonyl (C=O) groups excluding carboxylic acids is 1. The van der Waals surface area contributed by atoms with Crippen molar-refractivity contribution < 1.29 is 24.2 Å². The molecule has 1 amide bonds. The van der Waals surface area contributed by atoms with Crippen LogP contribution >= 0.6 is 11.6 Å². The van der Waals surface area contributed by atoms with Gasteiger partial charge in [0.2, 0.25) is 5.28 Å². The summed E-state index contributed by atoms with van der Waals surface area (Å²) in [6.45, 7) is 8.05. The summed E-state index contributed by atoms with van der Waals surface area (Å²) in [4.78, 5) is 31.7. The second-order valence-electron chi connectivity index (χ2n) is 8.99. The van der Waals surface area contributed by atoms with Gasteiger partial charge < -0.3 is 34.9 Å². The molecule has 0 bridgehead atoms. The van der Waals surface area contributed by atoms with Crippen molar-refractivity contribution in [2.75, 3.05) is 30.4 Å². The van der Waals surface area contributed by atoms with Crippen molar-refractivity contribution in [2.24, 2.45) is 0 Å². The summed E-state index contributed by atoms with van der Waals surface area (Å²) in [7, 11) is 1.42. The van der Waals surface area contributed by atoms with E-state index >= 15 is 0 Å². The molecule has 0 spiro atoms. The lowest BCUT2D eigenvalue weighted by Crippen LogP contribution is -2.41. The number of likely N-dealkylation sites (N-methyl/N-ethyl adjacent to an activating group) is 1. The maximum atomic E-state index is 12.0. The van der Waals surface area contributed by atoms with Crippen molar-refractivity contribution in [1.29, 1.82) is 0 Å². The summed E-state index contributed by atoms with van der Waals surface area (Å²) in [6, 6.07) is 4.55. The van der Waals surface area contributed by atoms with Crippen LogP contribution in [0.1, 0.15) is 31.2 Å². The zero-order chi connectivity index (χ0) is 27.1. The average Bonchev–Trinajstić information content (AvgIpc) is 3.59. The highest BCUT2D eigenvalue weighted by molar-refractivity contribution is 6.28. The van der Waals surface area contributed by atoms with E-state index in [1.807, 2.05) is 24.0 Å². The molecule has 1 aromatic carbocycles. The van der Waals surface area contributed by atoms with E-state index in [0.29, 0.717) is 23.9 Å². The molecule has 0 unspecified atom stereocenters. The Kier molecular flexibility index (Phi) is 7.09. The molecular formula is C24H29ClN8O5. The van der Waals surface area contributed by atoms with Gasteiger partial charge >= 0.3 is 0 Å². The maximum Gasteiger partial charge on any atom is 0.298 e. The smallest absolute Gasteiger partial charge is 0.298 e. The molecule has 0 saturated carbocycles. The van der Waals surface area contributed by atoms with Crippen LogP contribution in [0.3, 0.4) is 0 Å². The number of aryl methyl sites for hydroxylation is 1. The lowest BCUT2D eigenvalue weighted by atomic mass is 10.1. The van der Waals surface area contributed by atoms with Crippen molar-refractivity contribution in [1.82, 2.24) is 29.8 Å². The number of ether oxygens (including phenoxy) is 1. The molecule has 4 N–H and O–H groups in total. The van der Waals surface area contributed by atoms with Crippen LogP contribution in [-0.2, 0) is 16.1 Å². The number of aliphatic hydroxyl groups is 2. The van der Waals surface area contributed by atoms with Gasteiger partial charge in [0.15, 0.2) is 34.9 Å². The molecule has 4 heterocycles. The monoisotopic (exact) mass is 544 g/mol. The molecule has 3 aromatic heterocycles. The average molecular weight is 545 g/mol. The number of halogens is 1. The van der Waals surface area contributed by atoms with E-state index in [2.05, 4.69) is 44.4 Å². The van der Waals surface area contributed by atoms with Crippen molar-refractivity contribution in [3.8, 4) is 0 Å². The zero-order valence-corrected chi connectivity index (χ0v) is 22.1. The first-order valence-electron chi connectivity index (χ1n) is 12.3. The van der Waals surface area contributed by atoms with Gasteiger partial charge in [-0.15, -0.1) is 0 Å². The van der Waals surface area contributed by atoms with Crippen molar-refractivity contribution in [2.45, 2.75) is 51.9 Å². The number of amides is 1. The molecule has 0 aliphatic carbocycles. The molecule has 13 nitrogen and oxygen atoms in total. The zero-order valence-electron chi connectivity index (χ0n) is 21.3. The molecule has 1 aliphatic heterocycles. The molecule has 1 aliphatic rings. The van der Waals surface area contributed by atoms with E-state index in [9.17, 15) is 15.0 Å². The number of carbonyl (C=O) groups is 1. The summed E-state index contributed by atoms with van der Waals surface area (Å²) in [6.07, 6.45) is -3.77. The number of aromatic nitrogens is 5. The molecule has 1 fully saturated rings. The number of nitrogens with one attached hydrogen (secondary N) is 2. The van der Waals surface area contributed by atoms with Crippen LogP contribution in [0.15, 0.2) is 22.9 Å². The van der Waals surface area contributed by atoms with Gasteiger partial charge in [0, 0.05) is 26.7 Å². The summed E-state index contributed by atoms with van der Waals surface area (Å²) >= 11 is 6.22. The van der Waals surface area contributed by atoms with Crippen molar-refractivity contribution in [3.63, 3.8) is 0 Å². The molecular weight excluding hydrogens is 516 g/mol. The number of anilines is 2. The van der Waals surface area contributed by atoms with Crippen LogP contribution in [0, 0.1) is 6.92 Å². The summed E-state index contributed by atoms with van der Waals surface area (Å²) in [5, 5.41) is 26.5. The topological polar surface area (TPSA) is 164 Å². The first-order chi connectivity index (χ1) is 18.2. The molecule has 0 radical (unpaired) electrons. The number of hydrogen-bond donors (Lipinski definition) is 4. The minimum atomic E-state index is -1.43. The lowest BCUT2D eigenvalue weighted by Gasteiger charge is -2.16. The van der Waals surface area contributed by atoms with Crippen LogP contribution < -0.4 is 15.5 Å². The SMILES string of the molecule is CCN(CC)c1nc2cc(CNc3nc(Cl)nc4c3ncn4[C@@H]3O[C@H](C(=O)NC)[C@@H](O)[C@H]3O)cc(C)c2o1. The van der Waals surface area contributed by atoms with E-state index in [4.69, 9.17) is 20.8 Å². The number of oxazole rings is 1. The van der Waals surface area contributed by atoms with Gasteiger partial charge in [-0.3, -0.25) is 9.36 Å². The van der Waals surface area contributed by atoms with E-state index < -0.39 is 30.4 Å². The molecule has 5 rings (SSSR count).